The van der Waals surface area contributed by atoms with E-state index in [0.29, 0.717) is 0 Å². The molecule has 0 aliphatic rings. The molecule has 0 radical (unpaired) electrons. The van der Waals surface area contributed by atoms with E-state index in [0.717, 1.165) is 10.8 Å². The Kier molecular flexibility index (Phi) is 3.57. The molecule has 0 unspecified atom stereocenters. The minimum Gasteiger partial charge on any atom is -0.197 e. The number of H-pyrrole nitrogens is 1. The highest BCUT2D eigenvalue weighted by molar-refractivity contribution is 7.99. The van der Waals surface area contributed by atoms with Crippen LogP contribution in [0.4, 0.5) is 0 Å². The van der Waals surface area contributed by atoms with Gasteiger partial charge in [-0.1, -0.05) is 54.2 Å². The second-order valence-corrected chi connectivity index (χ2v) is 3.97. The van der Waals surface area contributed by atoms with E-state index in [2.05, 4.69) is 39.7 Å². The summed E-state index contributed by atoms with van der Waals surface area (Å²) < 4.78 is 0. The van der Waals surface area contributed by atoms with Gasteiger partial charge in [0.25, 0.3) is 0 Å². The summed E-state index contributed by atoms with van der Waals surface area (Å²) in [5.41, 5.74) is 1.22. The number of thioether (sulfide) groups is 1. The number of hydrogen-bond acceptors (Lipinski definition) is 3. The summed E-state index contributed by atoms with van der Waals surface area (Å²) in [6.45, 7) is 0. The molecule has 0 atom stereocenters. The largest absolute Gasteiger partial charge is 0.197 e. The van der Waals surface area contributed by atoms with E-state index in [4.69, 9.17) is 0 Å². The fourth-order valence-electron chi connectivity index (χ4n) is 1.14. The molecular weight excluding hydrogens is 206 g/mol. The maximum atomic E-state index is 3.95. The van der Waals surface area contributed by atoms with Crippen molar-refractivity contribution in [1.82, 2.24) is 15.4 Å². The Balaban J connectivity index is 1.81. The van der Waals surface area contributed by atoms with Crippen LogP contribution in [0.5, 0.6) is 0 Å². The average Bonchev–Trinajstić information content (AvgIpc) is 2.79. The van der Waals surface area contributed by atoms with Crippen LogP contribution in [0.3, 0.4) is 0 Å². The van der Waals surface area contributed by atoms with Gasteiger partial charge in [-0.3, -0.25) is 0 Å². The van der Waals surface area contributed by atoms with Crippen LogP contribution in [-0.4, -0.2) is 21.2 Å². The van der Waals surface area contributed by atoms with Crippen LogP contribution in [0.25, 0.3) is 6.08 Å². The van der Waals surface area contributed by atoms with E-state index >= 15 is 0 Å². The predicted molar refractivity (Wildman–Crippen MR) is 62.6 cm³/mol. The molecule has 0 amide bonds. The van der Waals surface area contributed by atoms with Crippen molar-refractivity contribution in [3.05, 3.63) is 48.2 Å². The lowest BCUT2D eigenvalue weighted by atomic mass is 10.2. The highest BCUT2D eigenvalue weighted by Crippen LogP contribution is 2.13. The molecule has 76 valence electrons. The third kappa shape index (κ3) is 3.25. The molecular formula is C11H11N3S. The Bertz CT molecular complexity index is 409. The summed E-state index contributed by atoms with van der Waals surface area (Å²) in [7, 11) is 0. The summed E-state index contributed by atoms with van der Waals surface area (Å²) in [6, 6.07) is 10.2. The van der Waals surface area contributed by atoms with Crippen LogP contribution in [0.2, 0.25) is 0 Å². The molecule has 0 fully saturated rings. The summed E-state index contributed by atoms with van der Waals surface area (Å²) in [5, 5.41) is 11.2. The smallest absolute Gasteiger partial charge is 0.138 e. The second kappa shape index (κ2) is 5.36. The van der Waals surface area contributed by atoms with Crippen molar-refractivity contribution in [2.75, 3.05) is 5.75 Å². The summed E-state index contributed by atoms with van der Waals surface area (Å²) in [5.74, 6) is 0.904. The zero-order valence-corrected chi connectivity index (χ0v) is 8.95. The summed E-state index contributed by atoms with van der Waals surface area (Å²) >= 11 is 1.65. The van der Waals surface area contributed by atoms with Gasteiger partial charge in [-0.15, -0.1) is 5.10 Å². The molecule has 2 aromatic rings. The van der Waals surface area contributed by atoms with Gasteiger partial charge in [0.15, 0.2) is 0 Å². The van der Waals surface area contributed by atoms with Crippen molar-refractivity contribution in [1.29, 1.82) is 0 Å². The first-order chi connectivity index (χ1) is 7.45. The number of rotatable bonds is 4. The van der Waals surface area contributed by atoms with E-state index < -0.39 is 0 Å². The molecule has 1 aromatic carbocycles. The lowest BCUT2D eigenvalue weighted by Crippen LogP contribution is -1.74. The molecule has 0 saturated carbocycles. The zero-order valence-electron chi connectivity index (χ0n) is 8.13. The zero-order chi connectivity index (χ0) is 10.3. The number of aromatic nitrogens is 3. The van der Waals surface area contributed by atoms with E-state index in [1.54, 1.807) is 18.0 Å². The van der Waals surface area contributed by atoms with Gasteiger partial charge in [-0.25, -0.2) is 0 Å². The van der Waals surface area contributed by atoms with Gasteiger partial charge in [0.2, 0.25) is 0 Å². The van der Waals surface area contributed by atoms with Crippen molar-refractivity contribution in [3.8, 4) is 0 Å². The van der Waals surface area contributed by atoms with E-state index in [9.17, 15) is 0 Å². The highest BCUT2D eigenvalue weighted by Gasteiger charge is 1.92. The van der Waals surface area contributed by atoms with Gasteiger partial charge in [0.05, 0.1) is 6.20 Å². The first-order valence-electron chi connectivity index (χ1n) is 4.65. The Morgan fingerprint density at radius 1 is 1.27 bits per heavy atom. The maximum absolute atomic E-state index is 3.95. The van der Waals surface area contributed by atoms with Crippen LogP contribution in [-0.2, 0) is 0 Å². The minimum atomic E-state index is 0.904. The van der Waals surface area contributed by atoms with Crippen LogP contribution < -0.4 is 0 Å². The molecule has 2 rings (SSSR count). The van der Waals surface area contributed by atoms with Crippen molar-refractivity contribution in [2.45, 2.75) is 5.03 Å². The lowest BCUT2D eigenvalue weighted by Gasteiger charge is -1.91. The molecule has 0 spiro atoms. The Morgan fingerprint density at radius 3 is 2.87 bits per heavy atom. The van der Waals surface area contributed by atoms with Crippen molar-refractivity contribution in [2.24, 2.45) is 0 Å². The SMILES string of the molecule is C(=C\c1ccccc1)/CSc1cn[nH]n1. The fraction of sp³-hybridized carbons (Fsp3) is 0.0909. The third-order valence-corrected chi connectivity index (χ3v) is 2.68. The van der Waals surface area contributed by atoms with Gasteiger partial charge in [-0.2, -0.15) is 10.3 Å². The number of hydrogen-bond donors (Lipinski definition) is 1. The highest BCUT2D eigenvalue weighted by atomic mass is 32.2. The molecule has 1 N–H and O–H groups in total. The van der Waals surface area contributed by atoms with Gasteiger partial charge in [0, 0.05) is 5.75 Å². The van der Waals surface area contributed by atoms with Crippen molar-refractivity contribution >= 4 is 17.8 Å². The van der Waals surface area contributed by atoms with Gasteiger partial charge in [-0.05, 0) is 5.56 Å². The quantitative estimate of drug-likeness (QED) is 0.800. The van der Waals surface area contributed by atoms with Gasteiger partial charge in [0.1, 0.15) is 5.03 Å². The molecule has 3 nitrogen and oxygen atoms in total. The normalized spacial score (nSPS) is 10.9. The molecule has 0 aliphatic heterocycles. The number of nitrogens with one attached hydrogen (secondary N) is 1. The van der Waals surface area contributed by atoms with Crippen molar-refractivity contribution in [3.63, 3.8) is 0 Å². The van der Waals surface area contributed by atoms with Crippen molar-refractivity contribution < 1.29 is 0 Å². The van der Waals surface area contributed by atoms with Crippen LogP contribution >= 0.6 is 11.8 Å². The van der Waals surface area contributed by atoms with Gasteiger partial charge < -0.3 is 0 Å². The predicted octanol–water partition coefficient (Wildman–Crippen LogP) is 2.61. The maximum Gasteiger partial charge on any atom is 0.138 e. The molecule has 0 bridgehead atoms. The number of benzene rings is 1. The second-order valence-electron chi connectivity index (χ2n) is 2.93. The average molecular weight is 217 g/mol. The first-order valence-corrected chi connectivity index (χ1v) is 5.64. The van der Waals surface area contributed by atoms with Gasteiger partial charge >= 0.3 is 0 Å². The summed E-state index contributed by atoms with van der Waals surface area (Å²) in [6.07, 6.45) is 5.95. The third-order valence-electron chi connectivity index (χ3n) is 1.83. The Hall–Kier alpha value is -1.55. The molecule has 4 heteroatoms. The minimum absolute atomic E-state index is 0.904. The molecule has 15 heavy (non-hydrogen) atoms. The molecule has 0 saturated heterocycles. The van der Waals surface area contributed by atoms with Crippen LogP contribution in [0.15, 0.2) is 47.6 Å². The standard InChI is InChI=1S/C11H11N3S/c1-2-5-10(6-3-1)7-4-8-15-11-9-12-14-13-11/h1-7,9H,8H2,(H,12,13,14)/b7-4+. The number of nitrogens with zero attached hydrogens (tertiary/aromatic N) is 2. The fourth-order valence-corrected chi connectivity index (χ4v) is 1.74. The Morgan fingerprint density at radius 2 is 2.13 bits per heavy atom. The number of aromatic amines is 1. The first kappa shape index (κ1) is 9.98. The van der Waals surface area contributed by atoms with E-state index in [-0.39, 0.29) is 0 Å². The van der Waals surface area contributed by atoms with E-state index in [1.807, 2.05) is 18.2 Å². The molecule has 0 aliphatic carbocycles. The lowest BCUT2D eigenvalue weighted by molar-refractivity contribution is 0.911. The monoisotopic (exact) mass is 217 g/mol. The summed E-state index contributed by atoms with van der Waals surface area (Å²) in [4.78, 5) is 0. The molecule has 1 heterocycles. The topological polar surface area (TPSA) is 41.6 Å². The van der Waals surface area contributed by atoms with Crippen LogP contribution in [0.1, 0.15) is 5.56 Å². The Labute approximate surface area is 92.6 Å². The van der Waals surface area contributed by atoms with E-state index in [1.165, 1.54) is 5.56 Å². The van der Waals surface area contributed by atoms with Crippen LogP contribution in [0, 0.1) is 0 Å². The molecule has 1 aromatic heterocycles.